The number of halogens is 2. The number of benzene rings is 1. The van der Waals surface area contributed by atoms with Crippen molar-refractivity contribution in [2.24, 2.45) is 11.8 Å². The van der Waals surface area contributed by atoms with Gasteiger partial charge >= 0.3 is 5.97 Å². The average Bonchev–Trinajstić information content (AvgIpc) is 3.25. The van der Waals surface area contributed by atoms with Gasteiger partial charge < -0.3 is 29.8 Å². The van der Waals surface area contributed by atoms with Crippen LogP contribution >= 0.6 is 0 Å². The Labute approximate surface area is 256 Å². The number of ether oxygens (including phenoxy) is 2. The molecule has 1 unspecified atom stereocenters. The summed E-state index contributed by atoms with van der Waals surface area (Å²) in [5.41, 5.74) is 0. The fraction of sp³-hybridized carbons (Fsp3) is 0.613. The van der Waals surface area contributed by atoms with Crippen LogP contribution in [0.25, 0.3) is 0 Å². The minimum Gasteiger partial charge on any atom is -0.487 e. The molecule has 246 valence electrons. The molecule has 1 aromatic rings. The summed E-state index contributed by atoms with van der Waals surface area (Å²) in [5.74, 6) is -4.57. The van der Waals surface area contributed by atoms with Crippen LogP contribution in [0.1, 0.15) is 64.7 Å². The van der Waals surface area contributed by atoms with Crippen molar-refractivity contribution in [1.29, 1.82) is 0 Å². The predicted molar refractivity (Wildman–Crippen MR) is 157 cm³/mol. The van der Waals surface area contributed by atoms with Gasteiger partial charge in [-0.1, -0.05) is 42.8 Å². The summed E-state index contributed by atoms with van der Waals surface area (Å²) in [6.45, 7) is 0.909. The zero-order valence-electron chi connectivity index (χ0n) is 25.0. The molecule has 1 saturated carbocycles. The van der Waals surface area contributed by atoms with Crippen molar-refractivity contribution in [3.63, 3.8) is 0 Å². The molecular weight excluding hydrogens is 582 g/mol. The van der Waals surface area contributed by atoms with E-state index in [9.17, 15) is 38.7 Å². The summed E-state index contributed by atoms with van der Waals surface area (Å²) >= 11 is 0. The van der Waals surface area contributed by atoms with Crippen LogP contribution in [0.3, 0.4) is 0 Å². The topological polar surface area (TPSA) is 157 Å². The van der Waals surface area contributed by atoms with Crippen LogP contribution in [-0.2, 0) is 19.2 Å². The zero-order chi connectivity index (χ0) is 32.4. The van der Waals surface area contributed by atoms with Crippen molar-refractivity contribution in [3.8, 4) is 5.75 Å². The third-order valence-electron chi connectivity index (χ3n) is 7.13. The Bertz CT molecular complexity index is 1070. The molecule has 0 aliphatic heterocycles. The molecule has 0 radical (unpaired) electrons. The smallest absolute Gasteiger partial charge is 0.305 e. The van der Waals surface area contributed by atoms with Crippen LogP contribution in [0.15, 0.2) is 54.6 Å². The number of unbranched alkanes of at least 4 members (excludes halogenated alkanes) is 3. The maximum Gasteiger partial charge on any atom is 0.305 e. The van der Waals surface area contributed by atoms with E-state index in [-0.39, 0.29) is 44.4 Å². The minimum absolute atomic E-state index is 0.000923. The maximum atomic E-state index is 14.4. The van der Waals surface area contributed by atoms with E-state index in [4.69, 9.17) is 9.47 Å². The lowest BCUT2D eigenvalue weighted by atomic mass is 9.89. The van der Waals surface area contributed by atoms with E-state index in [2.05, 4.69) is 10.2 Å². The fourth-order valence-electron chi connectivity index (χ4n) is 4.82. The summed E-state index contributed by atoms with van der Waals surface area (Å²) < 4.78 is 39.1. The van der Waals surface area contributed by atoms with Gasteiger partial charge in [0.2, 0.25) is 5.91 Å². The van der Waals surface area contributed by atoms with Crippen molar-refractivity contribution < 1.29 is 48.0 Å². The van der Waals surface area contributed by atoms with Gasteiger partial charge in [-0.05, 0) is 63.2 Å². The van der Waals surface area contributed by atoms with Gasteiger partial charge in [-0.15, -0.1) is 10.1 Å². The number of nitrogens with zero attached hydrogens (tertiary/aromatic N) is 1. The third-order valence-corrected chi connectivity index (χ3v) is 7.13. The SMILES string of the molecule is CC(COC(=O)CCCC=CC[C@@H]1[C@@H](C=CC(F)(F)COc2ccccc2)[C@H](O)C[C@@H]1O)NC(=O)CCCCCO[N+](=O)[O-]. The summed E-state index contributed by atoms with van der Waals surface area (Å²) in [4.78, 5) is 38.3. The lowest BCUT2D eigenvalue weighted by Gasteiger charge is -2.20. The van der Waals surface area contributed by atoms with E-state index in [1.807, 2.05) is 12.2 Å². The maximum absolute atomic E-state index is 14.4. The van der Waals surface area contributed by atoms with E-state index in [0.29, 0.717) is 44.3 Å². The monoisotopic (exact) mass is 626 g/mol. The van der Waals surface area contributed by atoms with E-state index in [1.165, 1.54) is 6.08 Å². The van der Waals surface area contributed by atoms with Crippen LogP contribution in [0, 0.1) is 22.0 Å². The number of allylic oxidation sites excluding steroid dienone is 2. The second-order valence-corrected chi connectivity index (χ2v) is 11.0. The first-order chi connectivity index (χ1) is 21.0. The molecule has 2 rings (SSSR count). The highest BCUT2D eigenvalue weighted by molar-refractivity contribution is 5.76. The average molecular weight is 627 g/mol. The molecule has 5 atom stereocenters. The molecule has 13 heteroatoms. The fourth-order valence-corrected chi connectivity index (χ4v) is 4.82. The van der Waals surface area contributed by atoms with Crippen molar-refractivity contribution in [1.82, 2.24) is 5.32 Å². The largest absolute Gasteiger partial charge is 0.487 e. The molecular formula is C31H44F2N2O9. The Morgan fingerprint density at radius 3 is 2.59 bits per heavy atom. The van der Waals surface area contributed by atoms with Crippen molar-refractivity contribution in [2.75, 3.05) is 19.8 Å². The van der Waals surface area contributed by atoms with Gasteiger partial charge in [-0.3, -0.25) is 9.59 Å². The van der Waals surface area contributed by atoms with Gasteiger partial charge in [0.1, 0.15) is 12.4 Å². The number of alkyl halides is 2. The Hall–Kier alpha value is -3.58. The second-order valence-electron chi connectivity index (χ2n) is 11.0. The van der Waals surface area contributed by atoms with E-state index in [0.717, 1.165) is 6.08 Å². The van der Waals surface area contributed by atoms with E-state index in [1.54, 1.807) is 37.3 Å². The summed E-state index contributed by atoms with van der Waals surface area (Å²) in [6.07, 6.45) is 7.56. The van der Waals surface area contributed by atoms with Crippen molar-refractivity contribution >= 4 is 11.9 Å². The summed E-state index contributed by atoms with van der Waals surface area (Å²) in [5, 5.41) is 32.7. The highest BCUT2D eigenvalue weighted by atomic mass is 19.3. The standard InChI is InChI=1S/C31H44F2N2O9/c1-23(34-29(38)15-9-5-11-19-44-35(40)41)21-42-30(39)16-10-3-2-8-14-25-26(28(37)20-27(25)36)17-18-31(32,33)22-43-24-12-6-4-7-13-24/h2,4,6-8,12-13,17-18,23,25-28,36-37H,3,5,9-11,14-16,19-22H2,1H3,(H,34,38)/t23?,25-,26-,27+,28-/m1/s1. The normalized spacial score (nSPS) is 20.9. The first-order valence-electron chi connectivity index (χ1n) is 15.0. The third kappa shape index (κ3) is 15.2. The number of aliphatic hydroxyl groups is 2. The Kier molecular flexibility index (Phi) is 16.3. The molecule has 0 bridgehead atoms. The second kappa shape index (κ2) is 19.6. The van der Waals surface area contributed by atoms with Gasteiger partial charge in [0.25, 0.3) is 11.0 Å². The first-order valence-corrected chi connectivity index (χ1v) is 15.0. The highest BCUT2D eigenvalue weighted by Gasteiger charge is 2.40. The zero-order valence-corrected chi connectivity index (χ0v) is 25.0. The van der Waals surface area contributed by atoms with Crippen LogP contribution in [0.5, 0.6) is 5.75 Å². The number of hydrogen-bond acceptors (Lipinski definition) is 9. The molecule has 11 nitrogen and oxygen atoms in total. The van der Waals surface area contributed by atoms with Crippen LogP contribution < -0.4 is 10.1 Å². The summed E-state index contributed by atoms with van der Waals surface area (Å²) in [7, 11) is 0. The predicted octanol–water partition coefficient (Wildman–Crippen LogP) is 4.55. The lowest BCUT2D eigenvalue weighted by Crippen LogP contribution is -2.36. The minimum atomic E-state index is -3.25. The molecule has 3 N–H and O–H groups in total. The molecule has 1 aliphatic rings. The number of carbonyl (C=O) groups is 2. The molecule has 0 heterocycles. The number of carbonyl (C=O) groups excluding carboxylic acids is 2. The van der Waals surface area contributed by atoms with Crippen molar-refractivity contribution in [2.45, 2.75) is 88.9 Å². The summed E-state index contributed by atoms with van der Waals surface area (Å²) in [6, 6.07) is 7.93. The van der Waals surface area contributed by atoms with E-state index < -0.39 is 47.6 Å². The lowest BCUT2D eigenvalue weighted by molar-refractivity contribution is -0.757. The van der Waals surface area contributed by atoms with Gasteiger partial charge in [0.15, 0.2) is 6.61 Å². The molecule has 1 amide bonds. The number of nitrogens with one attached hydrogen (secondary N) is 1. The van der Waals surface area contributed by atoms with Crippen LogP contribution in [0.4, 0.5) is 8.78 Å². The Morgan fingerprint density at radius 1 is 1.11 bits per heavy atom. The highest BCUT2D eigenvalue weighted by Crippen LogP contribution is 2.37. The number of hydrogen-bond donors (Lipinski definition) is 3. The molecule has 1 aromatic carbocycles. The molecule has 1 aliphatic carbocycles. The van der Waals surface area contributed by atoms with Crippen molar-refractivity contribution in [3.05, 3.63) is 64.8 Å². The Balaban J connectivity index is 1.62. The van der Waals surface area contributed by atoms with Crippen LogP contribution in [-0.4, -0.2) is 71.2 Å². The molecule has 0 aromatic heterocycles. The molecule has 0 spiro atoms. The first kappa shape index (κ1) is 36.6. The van der Waals surface area contributed by atoms with Crippen LogP contribution in [0.2, 0.25) is 0 Å². The Morgan fingerprint density at radius 2 is 1.86 bits per heavy atom. The van der Waals surface area contributed by atoms with Gasteiger partial charge in [-0.2, -0.15) is 8.78 Å². The molecule has 1 fully saturated rings. The molecule has 0 saturated heterocycles. The van der Waals surface area contributed by atoms with E-state index >= 15 is 0 Å². The number of para-hydroxylation sites is 1. The number of aliphatic hydroxyl groups excluding tert-OH is 2. The molecule has 44 heavy (non-hydrogen) atoms. The quantitative estimate of drug-likeness (QED) is 0.0586. The van der Waals surface area contributed by atoms with Gasteiger partial charge in [0.05, 0.1) is 24.9 Å². The number of amides is 1. The number of rotatable bonds is 21. The van der Waals surface area contributed by atoms with Gasteiger partial charge in [-0.25, -0.2) is 0 Å². The number of esters is 1. The van der Waals surface area contributed by atoms with Gasteiger partial charge in [0, 0.05) is 25.2 Å².